The maximum absolute atomic E-state index is 12.1. The summed E-state index contributed by atoms with van der Waals surface area (Å²) in [7, 11) is 0. The minimum Gasteiger partial charge on any atom is -0.480 e. The zero-order valence-corrected chi connectivity index (χ0v) is 13.8. The molecule has 0 radical (unpaired) electrons. The van der Waals surface area contributed by atoms with Crippen molar-refractivity contribution in [3.8, 4) is 17.9 Å². The maximum atomic E-state index is 12.1. The van der Waals surface area contributed by atoms with Gasteiger partial charge in [0.15, 0.2) is 11.5 Å². The Hall–Kier alpha value is -3.06. The van der Waals surface area contributed by atoms with Crippen molar-refractivity contribution in [2.75, 3.05) is 25.4 Å². The summed E-state index contributed by atoms with van der Waals surface area (Å²) in [6, 6.07) is 0.113. The number of nitrogens with one attached hydrogen (secondary N) is 2. The molecule has 0 saturated heterocycles. The predicted octanol–water partition coefficient (Wildman–Crippen LogP) is -0.442. The van der Waals surface area contributed by atoms with E-state index in [1.807, 2.05) is 6.92 Å². The van der Waals surface area contributed by atoms with Crippen molar-refractivity contribution >= 4 is 23.0 Å². The Morgan fingerprint density at radius 3 is 2.96 bits per heavy atom. The molecular weight excluding hydrogens is 328 g/mol. The highest BCUT2D eigenvalue weighted by Crippen LogP contribution is 2.17. The lowest BCUT2D eigenvalue weighted by Crippen LogP contribution is -2.22. The Morgan fingerprint density at radius 2 is 2.24 bits per heavy atom. The van der Waals surface area contributed by atoms with Gasteiger partial charge in [-0.2, -0.15) is 9.97 Å². The molecule has 2 aromatic heterocycles. The van der Waals surface area contributed by atoms with Crippen molar-refractivity contribution in [1.82, 2.24) is 24.8 Å². The van der Waals surface area contributed by atoms with Gasteiger partial charge in [0.2, 0.25) is 0 Å². The topological polar surface area (TPSA) is 148 Å². The van der Waals surface area contributed by atoms with E-state index in [1.165, 1.54) is 4.57 Å². The molecule has 5 N–H and O–H groups in total. The smallest absolute Gasteiger partial charge is 0.328 e. The molecule has 2 aromatic rings. The molecule has 0 saturated carbocycles. The van der Waals surface area contributed by atoms with Gasteiger partial charge in [-0.15, -0.1) is 0 Å². The fourth-order valence-corrected chi connectivity index (χ4v) is 1.98. The number of nitrogen functional groups attached to an aromatic ring is 1. The fourth-order valence-electron chi connectivity index (χ4n) is 1.98. The van der Waals surface area contributed by atoms with Gasteiger partial charge in [-0.25, -0.2) is 4.79 Å². The molecule has 134 valence electrons. The van der Waals surface area contributed by atoms with E-state index in [9.17, 15) is 9.59 Å². The van der Waals surface area contributed by atoms with E-state index in [0.29, 0.717) is 17.8 Å². The Morgan fingerprint density at radius 1 is 1.44 bits per heavy atom. The summed E-state index contributed by atoms with van der Waals surface area (Å²) >= 11 is 0. The number of aromatic nitrogens is 4. The van der Waals surface area contributed by atoms with E-state index in [1.54, 1.807) is 0 Å². The lowest BCUT2D eigenvalue weighted by molar-refractivity contribution is -0.135. The van der Waals surface area contributed by atoms with Crippen LogP contribution in [0.4, 0.5) is 5.82 Å². The summed E-state index contributed by atoms with van der Waals surface area (Å²) in [6.07, 6.45) is 1.83. The van der Waals surface area contributed by atoms with Crippen molar-refractivity contribution in [3.63, 3.8) is 0 Å². The number of fused-ring (bicyclic) bond motifs is 1. The van der Waals surface area contributed by atoms with Gasteiger partial charge in [-0.1, -0.05) is 25.2 Å². The normalized spacial score (nSPS) is 10.4. The van der Waals surface area contributed by atoms with E-state index in [4.69, 9.17) is 15.6 Å². The highest BCUT2D eigenvalue weighted by molar-refractivity contribution is 5.81. The Labute approximate surface area is 143 Å². The van der Waals surface area contributed by atoms with Crippen molar-refractivity contribution in [2.24, 2.45) is 0 Å². The molecule has 0 spiro atoms. The van der Waals surface area contributed by atoms with Crippen molar-refractivity contribution in [3.05, 3.63) is 10.5 Å². The number of carbonyl (C=O) groups is 1. The first-order chi connectivity index (χ1) is 12.0. The number of hydrogen-bond acceptors (Lipinski definition) is 7. The quantitative estimate of drug-likeness (QED) is 0.370. The summed E-state index contributed by atoms with van der Waals surface area (Å²) in [5, 5.41) is 11.1. The zero-order valence-electron chi connectivity index (χ0n) is 13.8. The standard InChI is InChI=1S/C15H20N6O4/c1-2-3-8-25-14-19-12(16)11-13(20-14)21(15(24)18-11)7-5-4-6-17-9-10(22)23/h17H,2-3,6-9H2,1H3,(H,18,24)(H,22,23)(H2,16,19,20). The van der Waals surface area contributed by atoms with Crippen LogP contribution in [0.15, 0.2) is 4.79 Å². The number of imidazole rings is 1. The van der Waals surface area contributed by atoms with Crippen molar-refractivity contribution in [1.29, 1.82) is 0 Å². The average Bonchev–Trinajstić information content (AvgIpc) is 2.87. The van der Waals surface area contributed by atoms with Gasteiger partial charge < -0.3 is 20.6 Å². The van der Waals surface area contributed by atoms with E-state index >= 15 is 0 Å². The van der Waals surface area contributed by atoms with Gasteiger partial charge in [-0.3, -0.25) is 14.7 Å². The second kappa shape index (κ2) is 8.70. The van der Waals surface area contributed by atoms with Crippen LogP contribution in [0, 0.1) is 11.8 Å². The average molecular weight is 348 g/mol. The van der Waals surface area contributed by atoms with Crippen molar-refractivity contribution < 1.29 is 14.6 Å². The first kappa shape index (κ1) is 18.3. The van der Waals surface area contributed by atoms with E-state index in [0.717, 1.165) is 12.8 Å². The number of aliphatic carboxylic acids is 1. The maximum Gasteiger partial charge on any atom is 0.328 e. The van der Waals surface area contributed by atoms with E-state index in [-0.39, 0.29) is 31.5 Å². The number of nitrogens with zero attached hydrogens (tertiary/aromatic N) is 3. The number of H-pyrrole nitrogens is 1. The van der Waals surface area contributed by atoms with Crippen LogP contribution in [0.3, 0.4) is 0 Å². The van der Waals surface area contributed by atoms with E-state index in [2.05, 4.69) is 32.1 Å². The third-order valence-electron chi connectivity index (χ3n) is 3.21. The largest absolute Gasteiger partial charge is 0.480 e. The second-order valence-electron chi connectivity index (χ2n) is 5.16. The van der Waals surface area contributed by atoms with Gasteiger partial charge in [0.05, 0.1) is 26.2 Å². The first-order valence-corrected chi connectivity index (χ1v) is 7.80. The molecule has 0 aliphatic heterocycles. The summed E-state index contributed by atoms with van der Waals surface area (Å²) in [4.78, 5) is 33.3. The number of rotatable bonds is 8. The number of unbranched alkanes of at least 4 members (excludes halogenated alkanes) is 1. The second-order valence-corrected chi connectivity index (χ2v) is 5.16. The summed E-state index contributed by atoms with van der Waals surface area (Å²) in [5.41, 5.74) is 6.09. The number of hydrogen-bond donors (Lipinski definition) is 4. The molecule has 2 rings (SSSR count). The van der Waals surface area contributed by atoms with Crippen LogP contribution in [-0.2, 0) is 11.3 Å². The van der Waals surface area contributed by atoms with Crippen LogP contribution in [0.5, 0.6) is 6.01 Å². The molecule has 0 fully saturated rings. The van der Waals surface area contributed by atoms with Gasteiger partial charge >= 0.3 is 17.7 Å². The van der Waals surface area contributed by atoms with Crippen LogP contribution in [0.25, 0.3) is 11.2 Å². The number of carboxylic acids is 1. The molecule has 0 atom stereocenters. The molecule has 0 aliphatic rings. The molecule has 0 aliphatic carbocycles. The molecule has 25 heavy (non-hydrogen) atoms. The highest BCUT2D eigenvalue weighted by Gasteiger charge is 2.13. The fraction of sp³-hybridized carbons (Fsp3) is 0.467. The van der Waals surface area contributed by atoms with Crippen LogP contribution in [0.1, 0.15) is 19.8 Å². The molecule has 10 heteroatoms. The third-order valence-corrected chi connectivity index (χ3v) is 3.21. The predicted molar refractivity (Wildman–Crippen MR) is 91.2 cm³/mol. The molecule has 10 nitrogen and oxygen atoms in total. The van der Waals surface area contributed by atoms with Gasteiger partial charge in [0.25, 0.3) is 0 Å². The Balaban J connectivity index is 2.15. The van der Waals surface area contributed by atoms with Gasteiger partial charge in [0.1, 0.15) is 5.52 Å². The number of nitrogens with two attached hydrogens (primary N) is 1. The molecule has 0 aromatic carbocycles. The minimum atomic E-state index is -0.961. The molecule has 0 bridgehead atoms. The number of aromatic amines is 1. The molecule has 2 heterocycles. The monoisotopic (exact) mass is 348 g/mol. The third kappa shape index (κ3) is 4.95. The summed E-state index contributed by atoms with van der Waals surface area (Å²) < 4.78 is 6.77. The lowest BCUT2D eigenvalue weighted by Gasteiger charge is -2.05. The Bertz CT molecular complexity index is 860. The zero-order chi connectivity index (χ0) is 18.2. The Kier molecular flexibility index (Phi) is 6.36. The van der Waals surface area contributed by atoms with Crippen LogP contribution in [-0.4, -0.2) is 50.3 Å². The minimum absolute atomic E-state index is 0.0818. The SMILES string of the molecule is CCCCOc1nc(N)c2[nH]c(=O)n(CC#CCNCC(=O)O)c2n1. The van der Waals surface area contributed by atoms with Gasteiger partial charge in [-0.05, 0) is 6.42 Å². The summed E-state index contributed by atoms with van der Waals surface area (Å²) in [5.74, 6) is 4.69. The summed E-state index contributed by atoms with van der Waals surface area (Å²) in [6.45, 7) is 2.61. The van der Waals surface area contributed by atoms with E-state index < -0.39 is 11.7 Å². The van der Waals surface area contributed by atoms with Crippen molar-refractivity contribution in [2.45, 2.75) is 26.3 Å². The molecular formula is C15H20N6O4. The number of ether oxygens (including phenoxy) is 1. The van der Waals surface area contributed by atoms with Crippen LogP contribution < -0.4 is 21.5 Å². The number of anilines is 1. The highest BCUT2D eigenvalue weighted by atomic mass is 16.5. The number of carboxylic acid groups (broad SMARTS) is 1. The van der Waals surface area contributed by atoms with Gasteiger partial charge in [0, 0.05) is 0 Å². The molecule has 0 amide bonds. The lowest BCUT2D eigenvalue weighted by atomic mass is 10.4. The van der Waals surface area contributed by atoms with Crippen LogP contribution >= 0.6 is 0 Å². The first-order valence-electron chi connectivity index (χ1n) is 7.80. The van der Waals surface area contributed by atoms with Crippen LogP contribution in [0.2, 0.25) is 0 Å². The molecule has 0 unspecified atom stereocenters.